The smallest absolute Gasteiger partial charge is 0.240 e. The van der Waals surface area contributed by atoms with Crippen molar-refractivity contribution in [3.8, 4) is 0 Å². The Hall–Kier alpha value is -2.22. The molecule has 0 spiro atoms. The monoisotopic (exact) mass is 413 g/mol. The van der Waals surface area contributed by atoms with Crippen molar-refractivity contribution in [1.29, 1.82) is 0 Å². The minimum absolute atomic E-state index is 0.00837. The van der Waals surface area contributed by atoms with Crippen LogP contribution in [0.2, 0.25) is 0 Å². The highest BCUT2D eigenvalue weighted by Crippen LogP contribution is 2.43. The summed E-state index contributed by atoms with van der Waals surface area (Å²) >= 11 is 0. The molecular weight excluding hydrogens is 386 g/mol. The molecule has 1 amide bonds. The van der Waals surface area contributed by atoms with Crippen LogP contribution in [0.5, 0.6) is 0 Å². The van der Waals surface area contributed by atoms with E-state index in [-0.39, 0.29) is 28.8 Å². The van der Waals surface area contributed by atoms with E-state index >= 15 is 0 Å². The summed E-state index contributed by atoms with van der Waals surface area (Å²) in [5.74, 6) is -0.00837. The van der Waals surface area contributed by atoms with Gasteiger partial charge in [0, 0.05) is 18.3 Å². The first-order valence-corrected chi connectivity index (χ1v) is 11.5. The molecule has 2 aliphatic rings. The molecule has 0 radical (unpaired) electrons. The van der Waals surface area contributed by atoms with Crippen LogP contribution in [0.4, 0.5) is 5.69 Å². The molecule has 2 aromatic carbocycles. The van der Waals surface area contributed by atoms with Gasteiger partial charge in [0.25, 0.3) is 0 Å². The number of anilines is 1. The Morgan fingerprint density at radius 3 is 2.69 bits per heavy atom. The summed E-state index contributed by atoms with van der Waals surface area (Å²) in [7, 11) is -3.74. The number of benzene rings is 2. The van der Waals surface area contributed by atoms with Gasteiger partial charge in [0.1, 0.15) is 0 Å². The van der Waals surface area contributed by atoms with Crippen LogP contribution in [0.15, 0.2) is 47.4 Å². The van der Waals surface area contributed by atoms with Crippen molar-refractivity contribution < 1.29 is 13.2 Å². The van der Waals surface area contributed by atoms with Crippen LogP contribution >= 0.6 is 0 Å². The standard InChI is InChI=1S/C22H27N3O3S/c1-22(2)11-9-15-5-3-4-6-18(15)21(22)24-14-20(26)25-12-10-16-13-17(29(23,27)28)7-8-19(16)25/h3-8,13,21,24H,9-12,14H2,1-2H3,(H2,23,27,28). The fourth-order valence-corrected chi connectivity index (χ4v) is 5.12. The van der Waals surface area contributed by atoms with Gasteiger partial charge in [-0.2, -0.15) is 0 Å². The third-order valence-electron chi connectivity index (χ3n) is 6.22. The highest BCUT2D eigenvalue weighted by Gasteiger charge is 2.36. The van der Waals surface area contributed by atoms with Crippen molar-refractivity contribution in [3.05, 3.63) is 59.2 Å². The summed E-state index contributed by atoms with van der Waals surface area (Å²) in [6, 6.07) is 13.3. The van der Waals surface area contributed by atoms with Gasteiger partial charge in [0.2, 0.25) is 15.9 Å². The van der Waals surface area contributed by atoms with Crippen LogP contribution in [0.25, 0.3) is 0 Å². The number of aryl methyl sites for hydroxylation is 1. The van der Waals surface area contributed by atoms with E-state index in [1.54, 1.807) is 17.0 Å². The highest BCUT2D eigenvalue weighted by atomic mass is 32.2. The molecule has 1 atom stereocenters. The van der Waals surface area contributed by atoms with Gasteiger partial charge in [0.15, 0.2) is 0 Å². The maximum absolute atomic E-state index is 13.0. The van der Waals surface area contributed by atoms with Gasteiger partial charge < -0.3 is 10.2 Å². The lowest BCUT2D eigenvalue weighted by Gasteiger charge is -2.40. The van der Waals surface area contributed by atoms with Crippen molar-refractivity contribution in [2.24, 2.45) is 10.6 Å². The van der Waals surface area contributed by atoms with Crippen LogP contribution in [0.3, 0.4) is 0 Å². The minimum Gasteiger partial charge on any atom is -0.311 e. The van der Waals surface area contributed by atoms with Gasteiger partial charge in [-0.25, -0.2) is 13.6 Å². The topological polar surface area (TPSA) is 92.5 Å². The van der Waals surface area contributed by atoms with Crippen molar-refractivity contribution in [2.45, 2.75) is 44.0 Å². The Morgan fingerprint density at radius 1 is 1.17 bits per heavy atom. The van der Waals surface area contributed by atoms with E-state index in [1.807, 2.05) is 0 Å². The molecule has 4 rings (SSSR count). The number of amides is 1. The van der Waals surface area contributed by atoms with Gasteiger partial charge in [0.05, 0.1) is 11.4 Å². The molecular formula is C22H27N3O3S. The van der Waals surface area contributed by atoms with E-state index in [4.69, 9.17) is 5.14 Å². The Labute approximate surface area is 172 Å². The molecule has 6 nitrogen and oxygen atoms in total. The van der Waals surface area contributed by atoms with E-state index in [0.29, 0.717) is 13.0 Å². The quantitative estimate of drug-likeness (QED) is 0.806. The molecule has 0 aromatic heterocycles. The number of fused-ring (bicyclic) bond motifs is 2. The molecule has 1 heterocycles. The third kappa shape index (κ3) is 3.82. The molecule has 154 valence electrons. The zero-order valence-corrected chi connectivity index (χ0v) is 17.6. The minimum atomic E-state index is -3.74. The second-order valence-corrected chi connectivity index (χ2v) is 10.2. The second kappa shape index (κ2) is 7.23. The number of hydrogen-bond donors (Lipinski definition) is 2. The largest absolute Gasteiger partial charge is 0.311 e. The molecule has 29 heavy (non-hydrogen) atoms. The molecule has 0 bridgehead atoms. The lowest BCUT2D eigenvalue weighted by atomic mass is 9.70. The summed E-state index contributed by atoms with van der Waals surface area (Å²) < 4.78 is 23.1. The average Bonchev–Trinajstić information content (AvgIpc) is 3.09. The molecule has 1 aliphatic heterocycles. The summed E-state index contributed by atoms with van der Waals surface area (Å²) in [6.07, 6.45) is 2.75. The summed E-state index contributed by atoms with van der Waals surface area (Å²) in [5, 5.41) is 8.73. The van der Waals surface area contributed by atoms with Crippen LogP contribution in [-0.4, -0.2) is 27.4 Å². The number of carbonyl (C=O) groups is 1. The van der Waals surface area contributed by atoms with Crippen LogP contribution in [0.1, 0.15) is 43.0 Å². The molecule has 2 aromatic rings. The van der Waals surface area contributed by atoms with Crippen molar-refractivity contribution >= 4 is 21.6 Å². The van der Waals surface area contributed by atoms with E-state index in [2.05, 4.69) is 43.4 Å². The summed E-state index contributed by atoms with van der Waals surface area (Å²) in [6.45, 7) is 5.27. The van der Waals surface area contributed by atoms with Gasteiger partial charge in [-0.05, 0) is 59.6 Å². The van der Waals surface area contributed by atoms with E-state index in [9.17, 15) is 13.2 Å². The average molecular weight is 414 g/mol. The molecule has 1 aliphatic carbocycles. The zero-order valence-electron chi connectivity index (χ0n) is 16.8. The molecule has 0 saturated heterocycles. The lowest BCUT2D eigenvalue weighted by Crippen LogP contribution is -2.44. The molecule has 7 heteroatoms. The van der Waals surface area contributed by atoms with E-state index < -0.39 is 10.0 Å². The number of hydrogen-bond acceptors (Lipinski definition) is 4. The highest BCUT2D eigenvalue weighted by molar-refractivity contribution is 7.89. The SMILES string of the molecule is CC1(C)CCc2ccccc2C1NCC(=O)N1CCc2cc(S(N)(=O)=O)ccc21. The lowest BCUT2D eigenvalue weighted by molar-refractivity contribution is -0.118. The number of sulfonamides is 1. The number of carbonyl (C=O) groups excluding carboxylic acids is 1. The van der Waals surface area contributed by atoms with Gasteiger partial charge in [-0.3, -0.25) is 4.79 Å². The Balaban J connectivity index is 1.51. The van der Waals surface area contributed by atoms with Crippen LogP contribution in [0, 0.1) is 5.41 Å². The Morgan fingerprint density at radius 2 is 1.93 bits per heavy atom. The van der Waals surface area contributed by atoms with E-state index in [1.165, 1.54) is 17.2 Å². The Bertz CT molecular complexity index is 1060. The van der Waals surface area contributed by atoms with Gasteiger partial charge >= 0.3 is 0 Å². The number of nitrogens with zero attached hydrogens (tertiary/aromatic N) is 1. The molecule has 1 unspecified atom stereocenters. The number of nitrogens with two attached hydrogens (primary N) is 1. The number of nitrogens with one attached hydrogen (secondary N) is 1. The summed E-state index contributed by atoms with van der Waals surface area (Å²) in [4.78, 5) is 14.8. The fraction of sp³-hybridized carbons (Fsp3) is 0.409. The third-order valence-corrected chi connectivity index (χ3v) is 7.13. The summed E-state index contributed by atoms with van der Waals surface area (Å²) in [5.41, 5.74) is 4.29. The first-order valence-electron chi connectivity index (χ1n) is 9.94. The first-order chi connectivity index (χ1) is 13.7. The van der Waals surface area contributed by atoms with Crippen molar-refractivity contribution in [3.63, 3.8) is 0 Å². The molecule has 0 fully saturated rings. The van der Waals surface area contributed by atoms with Crippen molar-refractivity contribution in [2.75, 3.05) is 18.0 Å². The zero-order chi connectivity index (χ0) is 20.8. The number of rotatable bonds is 4. The Kier molecular flexibility index (Phi) is 5.01. The van der Waals surface area contributed by atoms with E-state index in [0.717, 1.165) is 24.1 Å². The van der Waals surface area contributed by atoms with Gasteiger partial charge in [-0.15, -0.1) is 0 Å². The normalized spacial score (nSPS) is 20.2. The predicted octanol–water partition coefficient (Wildman–Crippen LogP) is 2.53. The predicted molar refractivity (Wildman–Crippen MR) is 113 cm³/mol. The first kappa shape index (κ1) is 20.1. The van der Waals surface area contributed by atoms with Crippen molar-refractivity contribution in [1.82, 2.24) is 5.32 Å². The molecule has 3 N–H and O–H groups in total. The number of primary sulfonamides is 1. The van der Waals surface area contributed by atoms with Crippen LogP contribution < -0.4 is 15.4 Å². The fourth-order valence-electron chi connectivity index (χ4n) is 4.55. The maximum Gasteiger partial charge on any atom is 0.240 e. The van der Waals surface area contributed by atoms with Crippen LogP contribution in [-0.2, 0) is 27.7 Å². The maximum atomic E-state index is 13.0. The second-order valence-electron chi connectivity index (χ2n) is 8.63. The van der Waals surface area contributed by atoms with Gasteiger partial charge in [-0.1, -0.05) is 38.1 Å². The molecule has 0 saturated carbocycles.